The standard InChI is InChI=1S/C20H27N5.2ClH/c1-14-5-4-6-15(9-14)13-22-19-12-18(16-10-17(21)11-16)23-20(24-19)25-7-2-3-8-25;;/h4-6,9,12,16-17H,2-3,7-8,10-11,13,21H2,1H3,(H,22,23,24);2*1H. The van der Waals surface area contributed by atoms with Gasteiger partial charge in [-0.25, -0.2) is 4.98 Å². The highest BCUT2D eigenvalue weighted by atomic mass is 35.5. The molecule has 0 atom stereocenters. The fourth-order valence-electron chi connectivity index (χ4n) is 3.73. The molecule has 2 aromatic rings. The first kappa shape index (κ1) is 21.7. The quantitative estimate of drug-likeness (QED) is 0.779. The van der Waals surface area contributed by atoms with Gasteiger partial charge in [0.1, 0.15) is 5.82 Å². The highest BCUT2D eigenvalue weighted by Crippen LogP contribution is 2.36. The topological polar surface area (TPSA) is 67.1 Å². The van der Waals surface area contributed by atoms with E-state index in [0.29, 0.717) is 12.0 Å². The minimum atomic E-state index is 0. The smallest absolute Gasteiger partial charge is 0.227 e. The lowest BCUT2D eigenvalue weighted by molar-refractivity contribution is 0.345. The van der Waals surface area contributed by atoms with Crippen LogP contribution in [0.1, 0.15) is 48.4 Å². The Bertz CT molecular complexity index is 743. The Labute approximate surface area is 174 Å². The van der Waals surface area contributed by atoms with E-state index in [4.69, 9.17) is 15.7 Å². The molecule has 0 radical (unpaired) electrons. The van der Waals surface area contributed by atoms with Crippen LogP contribution >= 0.6 is 24.8 Å². The molecule has 5 nitrogen and oxygen atoms in total. The number of aromatic nitrogens is 2. The highest BCUT2D eigenvalue weighted by Gasteiger charge is 2.30. The summed E-state index contributed by atoms with van der Waals surface area (Å²) in [6, 6.07) is 11.0. The van der Waals surface area contributed by atoms with E-state index in [0.717, 1.165) is 49.9 Å². The molecular formula is C20H29Cl2N5. The van der Waals surface area contributed by atoms with Crippen LogP contribution in [0.2, 0.25) is 0 Å². The summed E-state index contributed by atoms with van der Waals surface area (Å²) in [5.74, 6) is 2.29. The highest BCUT2D eigenvalue weighted by molar-refractivity contribution is 5.85. The fourth-order valence-corrected chi connectivity index (χ4v) is 3.73. The summed E-state index contributed by atoms with van der Waals surface area (Å²) in [5, 5.41) is 3.50. The fraction of sp³-hybridized carbons (Fsp3) is 0.500. The van der Waals surface area contributed by atoms with Gasteiger partial charge < -0.3 is 16.0 Å². The molecule has 1 aromatic carbocycles. The zero-order valence-corrected chi connectivity index (χ0v) is 17.4. The molecule has 1 saturated heterocycles. The summed E-state index contributed by atoms with van der Waals surface area (Å²) in [6.45, 7) is 5.02. The van der Waals surface area contributed by atoms with E-state index in [1.165, 1.54) is 24.0 Å². The predicted octanol–water partition coefficient (Wildman–Crippen LogP) is 4.05. The summed E-state index contributed by atoms with van der Waals surface area (Å²) in [5.41, 5.74) is 9.68. The van der Waals surface area contributed by atoms with Crippen molar-refractivity contribution >= 4 is 36.6 Å². The first-order chi connectivity index (χ1) is 12.2. The molecule has 2 heterocycles. The zero-order valence-electron chi connectivity index (χ0n) is 15.7. The minimum absolute atomic E-state index is 0. The number of nitrogens with two attached hydrogens (primary N) is 1. The molecule has 0 amide bonds. The number of hydrogen-bond donors (Lipinski definition) is 2. The normalized spacial score (nSPS) is 21.0. The summed E-state index contributed by atoms with van der Waals surface area (Å²) < 4.78 is 0. The van der Waals surface area contributed by atoms with Crippen molar-refractivity contribution in [2.75, 3.05) is 23.3 Å². The maximum Gasteiger partial charge on any atom is 0.227 e. The molecule has 27 heavy (non-hydrogen) atoms. The molecule has 0 bridgehead atoms. The average Bonchev–Trinajstić information content (AvgIpc) is 3.12. The Hall–Kier alpha value is -1.56. The third-order valence-electron chi connectivity index (χ3n) is 5.27. The van der Waals surface area contributed by atoms with Gasteiger partial charge in [-0.15, -0.1) is 24.8 Å². The van der Waals surface area contributed by atoms with E-state index in [9.17, 15) is 0 Å². The van der Waals surface area contributed by atoms with Gasteiger partial charge in [-0.05, 0) is 38.2 Å². The van der Waals surface area contributed by atoms with Crippen LogP contribution in [0.5, 0.6) is 0 Å². The Morgan fingerprint density at radius 1 is 1.11 bits per heavy atom. The van der Waals surface area contributed by atoms with Crippen LogP contribution < -0.4 is 16.0 Å². The van der Waals surface area contributed by atoms with Crippen LogP contribution in [0.25, 0.3) is 0 Å². The molecule has 1 aliphatic carbocycles. The molecule has 0 spiro atoms. The van der Waals surface area contributed by atoms with Gasteiger partial charge in [-0.1, -0.05) is 29.8 Å². The second-order valence-electron chi connectivity index (χ2n) is 7.44. The van der Waals surface area contributed by atoms with Gasteiger partial charge in [0, 0.05) is 37.7 Å². The molecule has 1 aromatic heterocycles. The zero-order chi connectivity index (χ0) is 17.2. The minimum Gasteiger partial charge on any atom is -0.366 e. The lowest BCUT2D eigenvalue weighted by Gasteiger charge is -2.32. The van der Waals surface area contributed by atoms with Crippen molar-refractivity contribution in [2.45, 2.75) is 51.1 Å². The number of aryl methyl sites for hydroxylation is 1. The first-order valence-electron chi connectivity index (χ1n) is 9.36. The van der Waals surface area contributed by atoms with E-state index in [1.54, 1.807) is 0 Å². The summed E-state index contributed by atoms with van der Waals surface area (Å²) >= 11 is 0. The Morgan fingerprint density at radius 2 is 1.85 bits per heavy atom. The maximum absolute atomic E-state index is 5.98. The third-order valence-corrected chi connectivity index (χ3v) is 5.27. The van der Waals surface area contributed by atoms with Crippen molar-refractivity contribution in [3.8, 4) is 0 Å². The van der Waals surface area contributed by atoms with Crippen molar-refractivity contribution in [2.24, 2.45) is 5.73 Å². The van der Waals surface area contributed by atoms with E-state index in [2.05, 4.69) is 47.5 Å². The molecule has 148 valence electrons. The second kappa shape index (κ2) is 9.58. The number of benzene rings is 1. The van der Waals surface area contributed by atoms with Gasteiger partial charge in [-0.2, -0.15) is 4.98 Å². The van der Waals surface area contributed by atoms with Crippen LogP contribution in [0.15, 0.2) is 30.3 Å². The number of rotatable bonds is 5. The van der Waals surface area contributed by atoms with Gasteiger partial charge in [0.25, 0.3) is 0 Å². The van der Waals surface area contributed by atoms with E-state index >= 15 is 0 Å². The Morgan fingerprint density at radius 3 is 2.52 bits per heavy atom. The molecule has 0 unspecified atom stereocenters. The predicted molar refractivity (Wildman–Crippen MR) is 116 cm³/mol. The summed E-state index contributed by atoms with van der Waals surface area (Å²) in [6.07, 6.45) is 4.53. The van der Waals surface area contributed by atoms with E-state index in [1.807, 2.05) is 0 Å². The second-order valence-corrected chi connectivity index (χ2v) is 7.44. The largest absolute Gasteiger partial charge is 0.366 e. The van der Waals surface area contributed by atoms with Gasteiger partial charge in [0.15, 0.2) is 0 Å². The summed E-state index contributed by atoms with van der Waals surface area (Å²) in [4.78, 5) is 12.0. The lowest BCUT2D eigenvalue weighted by Crippen LogP contribution is -2.35. The molecule has 2 fully saturated rings. The molecular weight excluding hydrogens is 381 g/mol. The van der Waals surface area contributed by atoms with Gasteiger partial charge in [0.2, 0.25) is 5.95 Å². The van der Waals surface area contributed by atoms with Crippen molar-refractivity contribution in [1.82, 2.24) is 9.97 Å². The molecule has 2 aliphatic rings. The van der Waals surface area contributed by atoms with Gasteiger partial charge in [0.05, 0.1) is 5.69 Å². The Kier molecular flexibility index (Phi) is 7.71. The average molecular weight is 410 g/mol. The van der Waals surface area contributed by atoms with Crippen molar-refractivity contribution in [1.29, 1.82) is 0 Å². The third kappa shape index (κ3) is 5.24. The molecule has 1 aliphatic heterocycles. The van der Waals surface area contributed by atoms with Gasteiger partial charge >= 0.3 is 0 Å². The number of hydrogen-bond acceptors (Lipinski definition) is 5. The summed E-state index contributed by atoms with van der Waals surface area (Å²) in [7, 11) is 0. The molecule has 3 N–H and O–H groups in total. The van der Waals surface area contributed by atoms with Crippen LogP contribution in [-0.4, -0.2) is 29.1 Å². The van der Waals surface area contributed by atoms with Crippen LogP contribution in [0.3, 0.4) is 0 Å². The monoisotopic (exact) mass is 409 g/mol. The molecule has 4 rings (SSSR count). The Balaban J connectivity index is 0.00000131. The molecule has 7 heteroatoms. The van der Waals surface area contributed by atoms with E-state index in [-0.39, 0.29) is 24.8 Å². The van der Waals surface area contributed by atoms with Crippen molar-refractivity contribution in [3.05, 3.63) is 47.2 Å². The molecule has 1 saturated carbocycles. The number of anilines is 2. The number of halogens is 2. The lowest BCUT2D eigenvalue weighted by atomic mass is 9.78. The first-order valence-corrected chi connectivity index (χ1v) is 9.36. The number of nitrogens with zero attached hydrogens (tertiary/aromatic N) is 3. The number of nitrogens with one attached hydrogen (secondary N) is 1. The van der Waals surface area contributed by atoms with Gasteiger partial charge in [-0.3, -0.25) is 0 Å². The van der Waals surface area contributed by atoms with Crippen LogP contribution in [-0.2, 0) is 6.54 Å². The SMILES string of the molecule is Cc1cccc(CNc2cc(C3CC(N)C3)nc(N3CCCC3)n2)c1.Cl.Cl. The van der Waals surface area contributed by atoms with Crippen LogP contribution in [0, 0.1) is 6.92 Å². The van der Waals surface area contributed by atoms with Crippen LogP contribution in [0.4, 0.5) is 11.8 Å². The van der Waals surface area contributed by atoms with E-state index < -0.39 is 0 Å². The van der Waals surface area contributed by atoms with Crippen molar-refractivity contribution in [3.63, 3.8) is 0 Å². The maximum atomic E-state index is 5.98. The van der Waals surface area contributed by atoms with Crippen molar-refractivity contribution < 1.29 is 0 Å².